The molecule has 0 aromatic heterocycles. The van der Waals surface area contributed by atoms with Gasteiger partial charge in [-0.15, -0.1) is 0 Å². The summed E-state index contributed by atoms with van der Waals surface area (Å²) in [6.45, 7) is 4.00. The van der Waals surface area contributed by atoms with Gasteiger partial charge in [0.1, 0.15) is 0 Å². The molecule has 0 amide bonds. The number of rotatable bonds is 0. The van der Waals surface area contributed by atoms with Crippen molar-refractivity contribution in [3.8, 4) is 0 Å². The van der Waals surface area contributed by atoms with Crippen LogP contribution in [0.4, 0.5) is 0 Å². The summed E-state index contributed by atoms with van der Waals surface area (Å²) in [6.07, 6.45) is 7.05. The van der Waals surface area contributed by atoms with Gasteiger partial charge in [-0.3, -0.25) is 0 Å². The molecule has 0 aromatic carbocycles. The van der Waals surface area contributed by atoms with Crippen molar-refractivity contribution in [2.75, 3.05) is 0 Å². The first-order valence-corrected chi connectivity index (χ1v) is 3.22. The van der Waals surface area contributed by atoms with Crippen LogP contribution in [-0.4, -0.2) is 0 Å². The van der Waals surface area contributed by atoms with E-state index in [-0.39, 0.29) is 51.4 Å². The summed E-state index contributed by atoms with van der Waals surface area (Å²) >= 11 is 0. The molecule has 1 heteroatoms. The number of hydrogen-bond donors (Lipinski definition) is 0. The third-order valence-corrected chi connectivity index (χ3v) is 1.72. The van der Waals surface area contributed by atoms with Crippen LogP contribution in [0.3, 0.4) is 0 Å². The quantitative estimate of drug-likeness (QED) is 0.308. The SMILES string of the molecule is [CH2-]C1CCCCC1.[K+]. The van der Waals surface area contributed by atoms with Crippen LogP contribution in [0.25, 0.3) is 0 Å². The maximum Gasteiger partial charge on any atom is 1.00 e. The second-order valence-corrected chi connectivity index (χ2v) is 2.50. The molecule has 1 saturated carbocycles. The van der Waals surface area contributed by atoms with Gasteiger partial charge in [0.05, 0.1) is 0 Å². The standard InChI is InChI=1S/C7H13.K/c1-7-5-3-2-4-6-7;/h7H,1-6H2;/q-1;+1. The van der Waals surface area contributed by atoms with E-state index in [4.69, 9.17) is 0 Å². The van der Waals surface area contributed by atoms with Crippen LogP contribution in [0.5, 0.6) is 0 Å². The summed E-state index contributed by atoms with van der Waals surface area (Å²) in [6, 6.07) is 0. The smallest absolute Gasteiger partial charge is 0.340 e. The predicted molar refractivity (Wildman–Crippen MR) is 31.9 cm³/mol. The molecule has 0 heterocycles. The van der Waals surface area contributed by atoms with Gasteiger partial charge in [0.2, 0.25) is 0 Å². The van der Waals surface area contributed by atoms with Crippen molar-refractivity contribution >= 4 is 0 Å². The topological polar surface area (TPSA) is 0 Å². The van der Waals surface area contributed by atoms with Crippen LogP contribution in [0, 0.1) is 12.8 Å². The Morgan fingerprint density at radius 3 is 1.75 bits per heavy atom. The molecule has 42 valence electrons. The zero-order chi connectivity index (χ0) is 5.11. The first kappa shape index (κ1) is 9.64. The first-order chi connectivity index (χ1) is 3.39. The largest absolute Gasteiger partial charge is 1.00 e. The number of hydrogen-bond acceptors (Lipinski definition) is 0. The fourth-order valence-electron chi connectivity index (χ4n) is 1.19. The normalized spacial score (nSPS) is 22.1. The van der Waals surface area contributed by atoms with Gasteiger partial charge in [0.25, 0.3) is 0 Å². The molecule has 0 aliphatic heterocycles. The van der Waals surface area contributed by atoms with E-state index in [0.29, 0.717) is 0 Å². The zero-order valence-electron chi connectivity index (χ0n) is 5.82. The van der Waals surface area contributed by atoms with Crippen molar-refractivity contribution in [2.45, 2.75) is 32.1 Å². The molecule has 1 fully saturated rings. The van der Waals surface area contributed by atoms with Crippen LogP contribution in [0.1, 0.15) is 32.1 Å². The molecule has 0 N–H and O–H groups in total. The molecule has 0 aromatic rings. The van der Waals surface area contributed by atoms with Crippen molar-refractivity contribution in [2.24, 2.45) is 5.92 Å². The maximum absolute atomic E-state index is 4.00. The van der Waals surface area contributed by atoms with E-state index in [9.17, 15) is 0 Å². The van der Waals surface area contributed by atoms with E-state index >= 15 is 0 Å². The minimum atomic E-state index is 0. The van der Waals surface area contributed by atoms with E-state index in [1.54, 1.807) is 0 Å². The monoisotopic (exact) mass is 136 g/mol. The fourth-order valence-corrected chi connectivity index (χ4v) is 1.19. The Balaban J connectivity index is 0.000000490. The van der Waals surface area contributed by atoms with Gasteiger partial charge in [-0.2, -0.15) is 5.92 Å². The van der Waals surface area contributed by atoms with E-state index in [1.165, 1.54) is 32.1 Å². The van der Waals surface area contributed by atoms with Crippen molar-refractivity contribution < 1.29 is 51.4 Å². The minimum Gasteiger partial charge on any atom is -0.340 e. The Bertz CT molecular complexity index is 46.3. The van der Waals surface area contributed by atoms with Gasteiger partial charge in [-0.1, -0.05) is 32.1 Å². The summed E-state index contributed by atoms with van der Waals surface area (Å²) in [4.78, 5) is 0. The van der Waals surface area contributed by atoms with Crippen LogP contribution >= 0.6 is 0 Å². The van der Waals surface area contributed by atoms with Crippen molar-refractivity contribution in [1.82, 2.24) is 0 Å². The molecule has 1 rings (SSSR count). The average molecular weight is 136 g/mol. The predicted octanol–water partition coefficient (Wildman–Crippen LogP) is -0.595. The molecular weight excluding hydrogens is 123 g/mol. The van der Waals surface area contributed by atoms with Crippen LogP contribution < -0.4 is 51.4 Å². The summed E-state index contributed by atoms with van der Waals surface area (Å²) in [5.74, 6) is 0.786. The van der Waals surface area contributed by atoms with Crippen molar-refractivity contribution in [3.63, 3.8) is 0 Å². The average Bonchev–Trinajstić information content (AvgIpc) is 1.69. The Morgan fingerprint density at radius 1 is 1.00 bits per heavy atom. The van der Waals surface area contributed by atoms with Gasteiger partial charge in [-0.25, -0.2) is 0 Å². The maximum atomic E-state index is 4.00. The van der Waals surface area contributed by atoms with Gasteiger partial charge in [0, 0.05) is 0 Å². The molecule has 0 nitrogen and oxygen atoms in total. The molecule has 0 unspecified atom stereocenters. The molecule has 1 aliphatic rings. The Kier molecular flexibility index (Phi) is 6.53. The summed E-state index contributed by atoms with van der Waals surface area (Å²) < 4.78 is 0. The third kappa shape index (κ3) is 3.62. The minimum absolute atomic E-state index is 0. The van der Waals surface area contributed by atoms with E-state index < -0.39 is 0 Å². The summed E-state index contributed by atoms with van der Waals surface area (Å²) in [5, 5.41) is 0. The molecule has 1 aliphatic carbocycles. The second kappa shape index (κ2) is 5.42. The third-order valence-electron chi connectivity index (χ3n) is 1.72. The molecule has 0 spiro atoms. The summed E-state index contributed by atoms with van der Waals surface area (Å²) in [5.41, 5.74) is 0. The molecule has 0 radical (unpaired) electrons. The van der Waals surface area contributed by atoms with Gasteiger partial charge in [-0.05, 0) is 0 Å². The van der Waals surface area contributed by atoms with Crippen LogP contribution in [0.15, 0.2) is 0 Å². The second-order valence-electron chi connectivity index (χ2n) is 2.50. The van der Waals surface area contributed by atoms with E-state index in [1.807, 2.05) is 0 Å². The molecular formula is C7H13K. The van der Waals surface area contributed by atoms with Crippen molar-refractivity contribution in [3.05, 3.63) is 6.92 Å². The first-order valence-electron chi connectivity index (χ1n) is 3.22. The Morgan fingerprint density at radius 2 is 1.50 bits per heavy atom. The van der Waals surface area contributed by atoms with E-state index in [2.05, 4.69) is 6.92 Å². The van der Waals surface area contributed by atoms with E-state index in [0.717, 1.165) is 5.92 Å². The Hall–Kier alpha value is 1.64. The van der Waals surface area contributed by atoms with Crippen LogP contribution in [-0.2, 0) is 0 Å². The van der Waals surface area contributed by atoms with Gasteiger partial charge < -0.3 is 6.92 Å². The zero-order valence-corrected chi connectivity index (χ0v) is 8.94. The molecule has 8 heavy (non-hydrogen) atoms. The fraction of sp³-hybridized carbons (Fsp3) is 0.857. The van der Waals surface area contributed by atoms with Crippen molar-refractivity contribution in [1.29, 1.82) is 0 Å². The summed E-state index contributed by atoms with van der Waals surface area (Å²) in [7, 11) is 0. The van der Waals surface area contributed by atoms with Gasteiger partial charge in [0.15, 0.2) is 0 Å². The Labute approximate surface area is 94.8 Å². The van der Waals surface area contributed by atoms with Crippen LogP contribution in [0.2, 0.25) is 0 Å². The van der Waals surface area contributed by atoms with Gasteiger partial charge >= 0.3 is 51.4 Å². The molecule has 0 saturated heterocycles. The molecule has 0 bridgehead atoms. The molecule has 0 atom stereocenters.